The van der Waals surface area contributed by atoms with Gasteiger partial charge in [-0.05, 0) is 18.1 Å². The van der Waals surface area contributed by atoms with Crippen LogP contribution in [-0.4, -0.2) is 30.3 Å². The third kappa shape index (κ3) is 6.90. The molecule has 2 aliphatic carbocycles. The summed E-state index contributed by atoms with van der Waals surface area (Å²) >= 11 is 2.43. The van der Waals surface area contributed by atoms with Crippen LogP contribution in [0.15, 0.2) is 200 Å². The Morgan fingerprint density at radius 1 is 0.600 bits per heavy atom. The van der Waals surface area contributed by atoms with E-state index in [1.807, 2.05) is 91.9 Å². The van der Waals surface area contributed by atoms with E-state index in [2.05, 4.69) is 112 Å². The van der Waals surface area contributed by atoms with Crippen LogP contribution >= 0.6 is 0 Å². The number of imidazole rings is 1. The van der Waals surface area contributed by atoms with E-state index in [4.69, 9.17) is 16.6 Å². The van der Waals surface area contributed by atoms with Gasteiger partial charge in [-0.25, -0.2) is 0 Å². The Balaban J connectivity index is 0.943. The van der Waals surface area contributed by atoms with Gasteiger partial charge in [0.05, 0.1) is 6.85 Å². The Morgan fingerprint density at radius 3 is 2.04 bits per heavy atom. The van der Waals surface area contributed by atoms with E-state index >= 15 is 0 Å². The van der Waals surface area contributed by atoms with Crippen LogP contribution in [0.1, 0.15) is 42.3 Å². The summed E-state index contributed by atoms with van der Waals surface area (Å²) in [5.74, 6) is 1.64. The molecule has 2 unspecified atom stereocenters. The fourth-order valence-electron chi connectivity index (χ4n) is 11.0. The number of carbonyl (C=O) groups excluding carboxylic acids is 2. The summed E-state index contributed by atoms with van der Waals surface area (Å²) in [5.41, 5.74) is 13.0. The monoisotopic (exact) mass is 1090 g/mol. The minimum Gasteiger partial charge on any atom is -0.0616 e. The molecule has 0 spiro atoms. The summed E-state index contributed by atoms with van der Waals surface area (Å²) in [4.78, 5) is 32.0. The Bertz CT molecular complexity index is 4270. The normalized spacial score (nSPS) is 16.5. The molecule has 70 heavy (non-hydrogen) atoms. The minimum absolute atomic E-state index is 0.113. The molecule has 0 radical (unpaired) electrons. The number of hydrogen-bond donors (Lipinski definition) is 0. The molecule has 3 heterocycles. The number of benzene rings is 8. The maximum absolute atomic E-state index is 14.1. The van der Waals surface area contributed by atoms with Gasteiger partial charge in [0.1, 0.15) is 0 Å². The number of aryl methyl sites for hydroxylation is 1. The quantitative estimate of drug-likeness (QED) is 0.152. The van der Waals surface area contributed by atoms with Crippen molar-refractivity contribution < 1.29 is 40.5 Å². The predicted octanol–water partition coefficient (Wildman–Crippen LogP) is 14.3. The average molecular weight is 1090 g/mol. The Hall–Kier alpha value is -7.99. The van der Waals surface area contributed by atoms with Crippen LogP contribution in [0.4, 0.5) is 0 Å². The molecule has 3 aromatic heterocycles. The molecule has 0 bridgehead atoms. The zero-order chi connectivity index (χ0) is 51.4. The van der Waals surface area contributed by atoms with Crippen molar-refractivity contribution in [3.63, 3.8) is 0 Å². The second-order valence-corrected chi connectivity index (χ2v) is 19.2. The maximum atomic E-state index is 14.1. The van der Waals surface area contributed by atoms with Gasteiger partial charge in [0.15, 0.2) is 0 Å². The van der Waals surface area contributed by atoms with Crippen molar-refractivity contribution in [1.82, 2.24) is 18.7 Å². The number of aromatic nitrogens is 4. The molecule has 0 N–H and O–H groups in total. The van der Waals surface area contributed by atoms with Crippen molar-refractivity contribution in [2.24, 2.45) is 5.92 Å². The molecule has 0 aliphatic heterocycles. The number of rotatable bonds is 8. The SMILES string of the molecule is [2H]c1c([2H])c([2H])c(-c2cnc(-n3c4ccccc4c4ccc(Oc5cccc(-n6[c](=[Pt])n(-c7c(-c8ccccc8)cc8c(c7-c7ccccc7)CC(=O)C7CC(=O)CC87)c7ccccc76)c5)cc43)cc2C)c([2H])c1[2H]. The molecule has 0 saturated heterocycles. The third-order valence-corrected chi connectivity index (χ3v) is 15.1. The van der Waals surface area contributed by atoms with Crippen LogP contribution in [0.2, 0.25) is 0 Å². The number of hydrogen-bond acceptors (Lipinski definition) is 4. The number of Topliss-reactive ketones (excluding diaryl/α,β-unsaturated/α-hetero) is 2. The van der Waals surface area contributed by atoms with Gasteiger partial charge in [-0.1, -0.05) is 42.3 Å². The van der Waals surface area contributed by atoms with Gasteiger partial charge < -0.3 is 0 Å². The van der Waals surface area contributed by atoms with Gasteiger partial charge >= 0.3 is 345 Å². The first kappa shape index (κ1) is 37.0. The Morgan fingerprint density at radius 2 is 1.27 bits per heavy atom. The van der Waals surface area contributed by atoms with Crippen molar-refractivity contribution in [3.05, 3.63) is 221 Å². The smallest absolute Gasteiger partial charge is 0.0616 e. The van der Waals surface area contributed by atoms with Crippen LogP contribution in [0, 0.1) is 16.6 Å². The first-order chi connectivity index (χ1) is 36.4. The molecule has 2 atom stereocenters. The van der Waals surface area contributed by atoms with Gasteiger partial charge in [0.2, 0.25) is 0 Å². The molecular weight excluding hydrogens is 1040 g/mol. The van der Waals surface area contributed by atoms with E-state index in [0.717, 1.165) is 81.4 Å². The minimum atomic E-state index is -0.438. The molecule has 7 nitrogen and oxygen atoms in total. The second-order valence-electron chi connectivity index (χ2n) is 18.1. The number of carbonyl (C=O) groups is 2. The standard InChI is InChI=1S/C62H44N4O3.Pt/c1-39-30-60(63-37-54(39)41-18-7-3-8-19-41)66-55-25-12-11-24-47(55)48-29-28-46(34-58(48)66)69-45-23-15-22-43(31-45)64-38-65(57-27-14-13-26-56(57)64)62-49(40-16-5-2-6-17-40)35-51-50-32-44(67)33-52(50)59(68)36-53(51)61(62)42-20-9-4-10-21-42;/h2-31,34-35,37,50,52H,32-33,36H2,1H3;/i3D,7D,8D,18D,19D;. The van der Waals surface area contributed by atoms with Crippen molar-refractivity contribution in [3.8, 4) is 62.1 Å². The summed E-state index contributed by atoms with van der Waals surface area (Å²) in [6, 6.07) is 53.7. The molecule has 1 fully saturated rings. The van der Waals surface area contributed by atoms with E-state index < -0.39 is 18.1 Å². The Kier molecular flexibility index (Phi) is 8.93. The number of pyridine rings is 1. The second kappa shape index (κ2) is 16.9. The fraction of sp³-hybridized carbons (Fsp3) is 0.0968. The summed E-state index contributed by atoms with van der Waals surface area (Å²) in [5, 5.41) is 2.01. The summed E-state index contributed by atoms with van der Waals surface area (Å²) in [7, 11) is 0. The van der Waals surface area contributed by atoms with Crippen LogP contribution in [0.3, 0.4) is 0 Å². The first-order valence-corrected chi connectivity index (χ1v) is 24.5. The third-order valence-electron chi connectivity index (χ3n) is 14.1. The number of para-hydroxylation sites is 3. The van der Waals surface area contributed by atoms with Crippen molar-refractivity contribution >= 4 is 44.4 Å². The summed E-state index contributed by atoms with van der Waals surface area (Å²) < 4.78 is 56.3. The molecule has 13 rings (SSSR count). The van der Waals surface area contributed by atoms with Gasteiger partial charge in [-0.2, -0.15) is 0 Å². The van der Waals surface area contributed by atoms with E-state index in [1.165, 1.54) is 0 Å². The number of fused-ring (bicyclic) bond motifs is 7. The molecule has 8 aromatic carbocycles. The van der Waals surface area contributed by atoms with E-state index in [-0.39, 0.29) is 47.5 Å². The molecule has 8 heteroatoms. The van der Waals surface area contributed by atoms with Crippen LogP contribution in [-0.2, 0) is 35.4 Å². The number of ether oxygens (including phenoxy) is 1. The van der Waals surface area contributed by atoms with Crippen molar-refractivity contribution in [2.45, 2.75) is 32.1 Å². The zero-order valence-electron chi connectivity index (χ0n) is 42.8. The average Bonchev–Trinajstić information content (AvgIpc) is 4.20. The first-order valence-electron chi connectivity index (χ1n) is 25.8. The fourth-order valence-corrected chi connectivity index (χ4v) is 12.1. The number of nitrogens with zero attached hydrogens (tertiary/aromatic N) is 4. The van der Waals surface area contributed by atoms with Crippen LogP contribution in [0.25, 0.3) is 83.4 Å². The molecular formula is C62H44N4O3Pt. The van der Waals surface area contributed by atoms with Gasteiger partial charge in [-0.15, -0.1) is 0 Å². The van der Waals surface area contributed by atoms with Gasteiger partial charge in [0.25, 0.3) is 0 Å². The van der Waals surface area contributed by atoms with E-state index in [0.29, 0.717) is 41.3 Å². The number of ketones is 2. The Labute approximate surface area is 422 Å². The molecule has 340 valence electrons. The van der Waals surface area contributed by atoms with Crippen molar-refractivity contribution in [2.75, 3.05) is 0 Å². The molecule has 1 saturated carbocycles. The zero-order valence-corrected chi connectivity index (χ0v) is 40.0. The topological polar surface area (TPSA) is 71.0 Å². The molecule has 11 aromatic rings. The van der Waals surface area contributed by atoms with E-state index in [1.54, 1.807) is 6.20 Å². The van der Waals surface area contributed by atoms with Gasteiger partial charge in [0, 0.05) is 11.8 Å². The van der Waals surface area contributed by atoms with E-state index in [9.17, 15) is 9.59 Å². The summed E-state index contributed by atoms with van der Waals surface area (Å²) in [6.07, 6.45) is 2.52. The molecule has 0 amide bonds. The van der Waals surface area contributed by atoms with Crippen LogP contribution in [0.5, 0.6) is 11.5 Å². The van der Waals surface area contributed by atoms with Crippen LogP contribution < -0.4 is 4.74 Å². The summed E-state index contributed by atoms with van der Waals surface area (Å²) in [6.45, 7) is 1.86. The van der Waals surface area contributed by atoms with Crippen molar-refractivity contribution in [1.29, 1.82) is 0 Å². The van der Waals surface area contributed by atoms with Gasteiger partial charge in [-0.3, -0.25) is 0 Å². The molecule has 2 aliphatic rings. The predicted molar refractivity (Wildman–Crippen MR) is 275 cm³/mol.